The highest BCUT2D eigenvalue weighted by molar-refractivity contribution is 5.89. The van der Waals surface area contributed by atoms with Crippen LogP contribution in [0.1, 0.15) is 51.4 Å². The minimum Gasteiger partial charge on any atom is -0.376 e. The number of aromatic nitrogens is 2. The van der Waals surface area contributed by atoms with Crippen LogP contribution >= 0.6 is 0 Å². The third kappa shape index (κ3) is 4.47. The van der Waals surface area contributed by atoms with Crippen LogP contribution in [0.2, 0.25) is 0 Å². The fourth-order valence-electron chi connectivity index (χ4n) is 3.29. The predicted octanol–water partition coefficient (Wildman–Crippen LogP) is 2.91. The summed E-state index contributed by atoms with van der Waals surface area (Å²) in [7, 11) is 0. The third-order valence-electron chi connectivity index (χ3n) is 4.50. The Bertz CT molecular complexity index is 476. The van der Waals surface area contributed by atoms with E-state index in [1.54, 1.807) is 6.20 Å². The molecule has 22 heavy (non-hydrogen) atoms. The third-order valence-corrected chi connectivity index (χ3v) is 4.50. The van der Waals surface area contributed by atoms with Gasteiger partial charge in [0.1, 0.15) is 0 Å². The first-order valence-electron chi connectivity index (χ1n) is 8.51. The molecule has 0 radical (unpaired) electrons. The Morgan fingerprint density at radius 3 is 2.82 bits per heavy atom. The van der Waals surface area contributed by atoms with Crippen molar-refractivity contribution in [2.75, 3.05) is 11.9 Å². The van der Waals surface area contributed by atoms with E-state index < -0.39 is 0 Å². The lowest BCUT2D eigenvalue weighted by atomic mass is 9.96. The van der Waals surface area contributed by atoms with Crippen LogP contribution in [0.3, 0.4) is 0 Å². The number of ether oxygens (including phenoxy) is 1. The largest absolute Gasteiger partial charge is 0.376 e. The molecule has 1 aliphatic heterocycles. The number of anilines is 1. The first-order valence-corrected chi connectivity index (χ1v) is 8.51. The van der Waals surface area contributed by atoms with Crippen LogP contribution in [0, 0.1) is 0 Å². The van der Waals surface area contributed by atoms with Crippen molar-refractivity contribution >= 4 is 11.7 Å². The number of hydrogen-bond acceptors (Lipinski definition) is 3. The fourth-order valence-corrected chi connectivity index (χ4v) is 3.29. The van der Waals surface area contributed by atoms with E-state index in [1.165, 1.54) is 25.7 Å². The highest BCUT2D eigenvalue weighted by Gasteiger charge is 2.17. The van der Waals surface area contributed by atoms with Gasteiger partial charge in [-0.25, -0.2) is 4.79 Å². The lowest BCUT2D eigenvalue weighted by Crippen LogP contribution is -2.38. The molecule has 122 valence electrons. The average molecular weight is 306 g/mol. The summed E-state index contributed by atoms with van der Waals surface area (Å²) in [5.74, 6) is 0. The highest BCUT2D eigenvalue weighted by Crippen LogP contribution is 2.18. The Hall–Kier alpha value is -1.56. The van der Waals surface area contributed by atoms with Gasteiger partial charge in [-0.05, 0) is 32.1 Å². The molecule has 1 saturated carbocycles. The van der Waals surface area contributed by atoms with Gasteiger partial charge in [0.2, 0.25) is 0 Å². The molecule has 1 aliphatic carbocycles. The van der Waals surface area contributed by atoms with Crippen LogP contribution in [-0.4, -0.2) is 34.6 Å². The lowest BCUT2D eigenvalue weighted by molar-refractivity contribution is 0.00401. The van der Waals surface area contributed by atoms with E-state index in [0.29, 0.717) is 6.04 Å². The van der Waals surface area contributed by atoms with E-state index in [0.717, 1.165) is 44.5 Å². The van der Waals surface area contributed by atoms with Crippen molar-refractivity contribution < 1.29 is 9.53 Å². The van der Waals surface area contributed by atoms with Gasteiger partial charge in [-0.15, -0.1) is 0 Å². The summed E-state index contributed by atoms with van der Waals surface area (Å²) in [5.41, 5.74) is 0.740. The van der Waals surface area contributed by atoms with Crippen LogP contribution in [0.5, 0.6) is 0 Å². The number of nitrogens with zero attached hydrogens (tertiary/aromatic N) is 2. The van der Waals surface area contributed by atoms with E-state index in [1.807, 2.05) is 10.9 Å². The van der Waals surface area contributed by atoms with Crippen molar-refractivity contribution in [2.45, 2.75) is 70.1 Å². The number of amides is 2. The first kappa shape index (κ1) is 15.3. The van der Waals surface area contributed by atoms with E-state index in [-0.39, 0.29) is 12.1 Å². The van der Waals surface area contributed by atoms with Gasteiger partial charge in [0.25, 0.3) is 0 Å². The molecule has 2 N–H and O–H groups in total. The molecule has 6 heteroatoms. The molecule has 1 saturated heterocycles. The van der Waals surface area contributed by atoms with Crippen molar-refractivity contribution in [1.82, 2.24) is 15.1 Å². The van der Waals surface area contributed by atoms with Crippen LogP contribution in [-0.2, 0) is 11.3 Å². The minimum atomic E-state index is -0.125. The van der Waals surface area contributed by atoms with Gasteiger partial charge in [0, 0.05) is 18.8 Å². The molecular formula is C16H26N4O2. The Labute approximate surface area is 131 Å². The molecule has 1 unspecified atom stereocenters. The molecular weight excluding hydrogens is 280 g/mol. The number of carbonyl (C=O) groups excluding carboxylic acids is 1. The van der Waals surface area contributed by atoms with Crippen LogP contribution in [0.25, 0.3) is 0 Å². The molecule has 2 fully saturated rings. The van der Waals surface area contributed by atoms with Gasteiger partial charge in [-0.3, -0.25) is 4.68 Å². The number of nitrogens with one attached hydrogen (secondary N) is 2. The number of carbonyl (C=O) groups is 1. The summed E-state index contributed by atoms with van der Waals surface area (Å²) < 4.78 is 7.57. The SMILES string of the molecule is O=C(Nc1cnn(CC2CCCCO2)c1)NC1CCCCC1. The van der Waals surface area contributed by atoms with Gasteiger partial charge >= 0.3 is 6.03 Å². The maximum absolute atomic E-state index is 12.0. The monoisotopic (exact) mass is 306 g/mol. The predicted molar refractivity (Wildman–Crippen MR) is 84.8 cm³/mol. The van der Waals surface area contributed by atoms with Crippen molar-refractivity contribution in [3.05, 3.63) is 12.4 Å². The summed E-state index contributed by atoms with van der Waals surface area (Å²) >= 11 is 0. The van der Waals surface area contributed by atoms with E-state index in [9.17, 15) is 4.79 Å². The Morgan fingerprint density at radius 1 is 1.23 bits per heavy atom. The van der Waals surface area contributed by atoms with Crippen LogP contribution in [0.4, 0.5) is 10.5 Å². The van der Waals surface area contributed by atoms with Crippen molar-refractivity contribution in [2.24, 2.45) is 0 Å². The molecule has 2 amide bonds. The summed E-state index contributed by atoms with van der Waals surface area (Å²) in [4.78, 5) is 12.0. The van der Waals surface area contributed by atoms with Gasteiger partial charge in [-0.2, -0.15) is 5.10 Å². The normalized spacial score (nSPS) is 23.2. The van der Waals surface area contributed by atoms with E-state index in [2.05, 4.69) is 15.7 Å². The first-order chi connectivity index (χ1) is 10.8. The number of urea groups is 1. The van der Waals surface area contributed by atoms with Crippen LogP contribution < -0.4 is 10.6 Å². The Morgan fingerprint density at radius 2 is 2.05 bits per heavy atom. The standard InChI is InChI=1S/C16H26N4O2/c21-16(18-13-6-2-1-3-7-13)19-14-10-17-20(11-14)12-15-8-4-5-9-22-15/h10-11,13,15H,1-9,12H2,(H2,18,19,21). The number of rotatable bonds is 4. The summed E-state index contributed by atoms with van der Waals surface area (Å²) in [6.45, 7) is 1.60. The van der Waals surface area contributed by atoms with Crippen molar-refractivity contribution in [3.63, 3.8) is 0 Å². The molecule has 2 aliphatic rings. The molecule has 0 spiro atoms. The van der Waals surface area contributed by atoms with E-state index >= 15 is 0 Å². The maximum Gasteiger partial charge on any atom is 0.319 e. The number of hydrogen-bond donors (Lipinski definition) is 2. The molecule has 0 aromatic carbocycles. The van der Waals surface area contributed by atoms with Gasteiger partial charge in [0.05, 0.1) is 24.5 Å². The summed E-state index contributed by atoms with van der Waals surface area (Å²) in [5, 5.41) is 10.2. The summed E-state index contributed by atoms with van der Waals surface area (Å²) in [6, 6.07) is 0.194. The highest BCUT2D eigenvalue weighted by atomic mass is 16.5. The topological polar surface area (TPSA) is 68.2 Å². The zero-order valence-corrected chi connectivity index (χ0v) is 13.1. The second kappa shape index (κ2) is 7.63. The second-order valence-corrected chi connectivity index (χ2v) is 6.37. The van der Waals surface area contributed by atoms with Gasteiger partial charge in [0.15, 0.2) is 0 Å². The molecule has 3 rings (SSSR count). The minimum absolute atomic E-state index is 0.125. The maximum atomic E-state index is 12.0. The van der Waals surface area contributed by atoms with Gasteiger partial charge in [-0.1, -0.05) is 19.3 Å². The lowest BCUT2D eigenvalue weighted by Gasteiger charge is -2.22. The molecule has 2 heterocycles. The Kier molecular flexibility index (Phi) is 5.32. The molecule has 0 bridgehead atoms. The molecule has 6 nitrogen and oxygen atoms in total. The van der Waals surface area contributed by atoms with Gasteiger partial charge < -0.3 is 15.4 Å². The quantitative estimate of drug-likeness (QED) is 0.898. The molecule has 1 aromatic heterocycles. The average Bonchev–Trinajstić information content (AvgIpc) is 2.96. The van der Waals surface area contributed by atoms with Crippen molar-refractivity contribution in [3.8, 4) is 0 Å². The molecule has 1 atom stereocenters. The van der Waals surface area contributed by atoms with Crippen LogP contribution in [0.15, 0.2) is 12.4 Å². The van der Waals surface area contributed by atoms with E-state index in [4.69, 9.17) is 4.74 Å². The zero-order valence-electron chi connectivity index (χ0n) is 13.1. The summed E-state index contributed by atoms with van der Waals surface area (Å²) in [6.07, 6.45) is 13.2. The fraction of sp³-hybridized carbons (Fsp3) is 0.750. The zero-order chi connectivity index (χ0) is 15.2. The van der Waals surface area contributed by atoms with Crippen molar-refractivity contribution in [1.29, 1.82) is 0 Å². The smallest absolute Gasteiger partial charge is 0.319 e. The second-order valence-electron chi connectivity index (χ2n) is 6.37. The molecule has 1 aromatic rings. The Balaban J connectivity index is 1.45.